The maximum atomic E-state index is 12.6. The molecule has 0 radical (unpaired) electrons. The van der Waals surface area contributed by atoms with Crippen molar-refractivity contribution < 1.29 is 23.2 Å². The molecule has 26 heavy (non-hydrogen) atoms. The van der Waals surface area contributed by atoms with Crippen LogP contribution in [-0.4, -0.2) is 19.3 Å². The Morgan fingerprint density at radius 3 is 2.27 bits per heavy atom. The molecule has 0 fully saturated rings. The molecule has 0 heterocycles. The lowest BCUT2D eigenvalue weighted by atomic mass is 10.0. The topological polar surface area (TPSA) is 129 Å². The van der Waals surface area contributed by atoms with E-state index in [9.17, 15) is 28.4 Å². The van der Waals surface area contributed by atoms with Gasteiger partial charge < -0.3 is 9.90 Å². The summed E-state index contributed by atoms with van der Waals surface area (Å²) in [4.78, 5) is 21.2. The fourth-order valence-corrected chi connectivity index (χ4v) is 4.21. The van der Waals surface area contributed by atoms with Crippen LogP contribution < -0.4 is 9.83 Å². The summed E-state index contributed by atoms with van der Waals surface area (Å²) in [6, 6.07) is 7.34. The third kappa shape index (κ3) is 4.92. The highest BCUT2D eigenvalue weighted by atomic mass is 35.5. The average Bonchev–Trinajstić information content (AvgIpc) is 2.52. The molecule has 1 N–H and O–H groups in total. The standard InChI is InChI=1S/C15H12Cl2N2O6S/c16-9-5-10(17)7-11(6-9)26(24,25)18-13(8-15(20)21)12-3-1-2-4-14(12)19(22)23/h1-7,13,18H,8H2,(H,20,21)/p-1/t13-/m0/s1. The number of carboxylic acids is 1. The van der Waals surface area contributed by atoms with E-state index < -0.39 is 39.1 Å². The summed E-state index contributed by atoms with van der Waals surface area (Å²) in [5.41, 5.74) is -0.538. The van der Waals surface area contributed by atoms with Crippen LogP contribution in [0.1, 0.15) is 18.0 Å². The molecule has 2 rings (SSSR count). The Labute approximate surface area is 158 Å². The van der Waals surface area contributed by atoms with Gasteiger partial charge in [0.1, 0.15) is 0 Å². The summed E-state index contributed by atoms with van der Waals surface area (Å²) in [5.74, 6) is -1.58. The zero-order valence-corrected chi connectivity index (χ0v) is 15.2. The van der Waals surface area contributed by atoms with Gasteiger partial charge in [-0.3, -0.25) is 10.1 Å². The monoisotopic (exact) mass is 417 g/mol. The zero-order chi connectivity index (χ0) is 19.5. The first-order valence-electron chi connectivity index (χ1n) is 7.02. The van der Waals surface area contributed by atoms with Gasteiger partial charge in [0.05, 0.1) is 15.9 Å². The van der Waals surface area contributed by atoms with Crippen molar-refractivity contribution in [2.45, 2.75) is 17.4 Å². The van der Waals surface area contributed by atoms with Gasteiger partial charge in [-0.2, -0.15) is 0 Å². The second-order valence-corrected chi connectivity index (χ2v) is 7.76. The predicted molar refractivity (Wildman–Crippen MR) is 92.2 cm³/mol. The van der Waals surface area contributed by atoms with Crippen molar-refractivity contribution in [2.75, 3.05) is 0 Å². The second-order valence-electron chi connectivity index (χ2n) is 5.17. The van der Waals surface area contributed by atoms with E-state index in [0.717, 1.165) is 18.2 Å². The van der Waals surface area contributed by atoms with Gasteiger partial charge in [0.15, 0.2) is 0 Å². The lowest BCUT2D eigenvalue weighted by molar-refractivity contribution is -0.385. The molecular weight excluding hydrogens is 407 g/mol. The summed E-state index contributed by atoms with van der Waals surface area (Å²) in [6.07, 6.45) is -0.807. The SMILES string of the molecule is O=C([O-])C[C@H](NS(=O)(=O)c1cc(Cl)cc(Cl)c1)c1ccccc1[N+](=O)[O-]. The molecule has 138 valence electrons. The molecule has 2 aromatic rings. The van der Waals surface area contributed by atoms with Gasteiger partial charge in [-0.25, -0.2) is 13.1 Å². The first kappa shape index (κ1) is 20.1. The van der Waals surface area contributed by atoms with Crippen molar-refractivity contribution in [3.8, 4) is 0 Å². The van der Waals surface area contributed by atoms with Crippen LogP contribution in [0.2, 0.25) is 10.0 Å². The highest BCUT2D eigenvalue weighted by molar-refractivity contribution is 7.89. The van der Waals surface area contributed by atoms with E-state index in [1.165, 1.54) is 24.3 Å². The summed E-state index contributed by atoms with van der Waals surface area (Å²) in [7, 11) is -4.27. The first-order chi connectivity index (χ1) is 12.1. The number of benzene rings is 2. The van der Waals surface area contributed by atoms with E-state index in [0.29, 0.717) is 0 Å². The van der Waals surface area contributed by atoms with E-state index in [1.54, 1.807) is 0 Å². The number of para-hydroxylation sites is 1. The summed E-state index contributed by atoms with van der Waals surface area (Å²) < 4.78 is 27.3. The van der Waals surface area contributed by atoms with Gasteiger partial charge in [0.2, 0.25) is 10.0 Å². The van der Waals surface area contributed by atoms with Crippen LogP contribution in [0.3, 0.4) is 0 Å². The first-order valence-corrected chi connectivity index (χ1v) is 9.25. The number of hydrogen-bond donors (Lipinski definition) is 1. The molecule has 0 unspecified atom stereocenters. The number of nitrogens with one attached hydrogen (secondary N) is 1. The molecule has 0 aromatic heterocycles. The molecule has 0 spiro atoms. The van der Waals surface area contributed by atoms with Crippen molar-refractivity contribution >= 4 is 44.9 Å². The third-order valence-corrected chi connectivity index (χ3v) is 5.21. The highest BCUT2D eigenvalue weighted by Gasteiger charge is 2.27. The lowest BCUT2D eigenvalue weighted by Gasteiger charge is -2.20. The third-order valence-electron chi connectivity index (χ3n) is 3.32. The molecule has 0 aliphatic heterocycles. The van der Waals surface area contributed by atoms with Crippen LogP contribution in [0, 0.1) is 10.1 Å². The number of nitrogens with zero attached hydrogens (tertiary/aromatic N) is 1. The van der Waals surface area contributed by atoms with Gasteiger partial charge in [0, 0.05) is 34.1 Å². The minimum absolute atomic E-state index is 0.0556. The molecule has 0 saturated heterocycles. The second kappa shape index (κ2) is 8.00. The van der Waals surface area contributed by atoms with Gasteiger partial charge in [-0.15, -0.1) is 0 Å². The Kier molecular flexibility index (Phi) is 6.19. The average molecular weight is 418 g/mol. The Hall–Kier alpha value is -2.20. The van der Waals surface area contributed by atoms with Crippen molar-refractivity contribution in [3.05, 3.63) is 68.2 Å². The molecule has 0 saturated carbocycles. The van der Waals surface area contributed by atoms with Crippen molar-refractivity contribution in [1.29, 1.82) is 0 Å². The van der Waals surface area contributed by atoms with Crippen LogP contribution in [0.5, 0.6) is 0 Å². The molecule has 11 heteroatoms. The van der Waals surface area contributed by atoms with Crippen LogP contribution in [0.4, 0.5) is 5.69 Å². The molecule has 0 aliphatic carbocycles. The normalized spacial score (nSPS) is 12.5. The molecule has 8 nitrogen and oxygen atoms in total. The lowest BCUT2D eigenvalue weighted by Crippen LogP contribution is -2.34. The van der Waals surface area contributed by atoms with Crippen LogP contribution in [0.15, 0.2) is 47.4 Å². The maximum absolute atomic E-state index is 12.6. The van der Waals surface area contributed by atoms with E-state index in [4.69, 9.17) is 23.2 Å². The van der Waals surface area contributed by atoms with Gasteiger partial charge >= 0.3 is 0 Å². The van der Waals surface area contributed by atoms with Crippen molar-refractivity contribution in [2.24, 2.45) is 0 Å². The van der Waals surface area contributed by atoms with E-state index in [1.807, 2.05) is 0 Å². The molecule has 0 amide bonds. The van der Waals surface area contributed by atoms with Gasteiger partial charge in [0.25, 0.3) is 5.69 Å². The van der Waals surface area contributed by atoms with E-state index in [2.05, 4.69) is 4.72 Å². The molecule has 0 bridgehead atoms. The number of carbonyl (C=O) groups excluding carboxylic acids is 1. The Bertz CT molecular complexity index is 944. The number of nitro benzene ring substituents is 1. The van der Waals surface area contributed by atoms with Gasteiger partial charge in [-0.1, -0.05) is 41.4 Å². The zero-order valence-electron chi connectivity index (χ0n) is 12.9. The van der Waals surface area contributed by atoms with E-state index in [-0.39, 0.29) is 20.5 Å². The fourth-order valence-electron chi connectivity index (χ4n) is 2.27. The summed E-state index contributed by atoms with van der Waals surface area (Å²) >= 11 is 11.6. The summed E-state index contributed by atoms with van der Waals surface area (Å²) in [5, 5.41) is 22.3. The predicted octanol–water partition coefficient (Wildman–Crippen LogP) is 2.06. The maximum Gasteiger partial charge on any atom is 0.274 e. The number of sulfonamides is 1. The van der Waals surface area contributed by atoms with Gasteiger partial charge in [-0.05, 0) is 18.2 Å². The number of nitro groups is 1. The minimum Gasteiger partial charge on any atom is -0.550 e. The minimum atomic E-state index is -4.27. The summed E-state index contributed by atoms with van der Waals surface area (Å²) in [6.45, 7) is 0. The molecule has 2 aromatic carbocycles. The number of aliphatic carboxylic acids is 1. The Morgan fingerprint density at radius 1 is 1.15 bits per heavy atom. The fraction of sp³-hybridized carbons (Fsp3) is 0.133. The quantitative estimate of drug-likeness (QED) is 0.541. The van der Waals surface area contributed by atoms with Crippen LogP contribution in [-0.2, 0) is 14.8 Å². The largest absolute Gasteiger partial charge is 0.550 e. The molecule has 1 atom stereocenters. The number of carboxylic acid groups (broad SMARTS) is 1. The Morgan fingerprint density at radius 2 is 1.73 bits per heavy atom. The van der Waals surface area contributed by atoms with E-state index >= 15 is 0 Å². The number of rotatable bonds is 7. The smallest absolute Gasteiger partial charge is 0.274 e. The van der Waals surface area contributed by atoms with Crippen LogP contribution >= 0.6 is 23.2 Å². The Balaban J connectivity index is 2.49. The molecular formula is C15H11Cl2N2O6S-. The number of hydrogen-bond acceptors (Lipinski definition) is 6. The van der Waals surface area contributed by atoms with Crippen molar-refractivity contribution in [3.63, 3.8) is 0 Å². The number of carbonyl (C=O) groups is 1. The number of halogens is 2. The molecule has 0 aliphatic rings. The van der Waals surface area contributed by atoms with Crippen LogP contribution in [0.25, 0.3) is 0 Å². The highest BCUT2D eigenvalue weighted by Crippen LogP contribution is 2.29. The van der Waals surface area contributed by atoms with Crippen molar-refractivity contribution in [1.82, 2.24) is 4.72 Å².